The zero-order valence-electron chi connectivity index (χ0n) is 11.0. The van der Waals surface area contributed by atoms with Crippen molar-refractivity contribution >= 4 is 17.8 Å². The highest BCUT2D eigenvalue weighted by Crippen LogP contribution is 2.06. The van der Waals surface area contributed by atoms with Gasteiger partial charge in [-0.15, -0.1) is 0 Å². The molecule has 9 nitrogen and oxygen atoms in total. The summed E-state index contributed by atoms with van der Waals surface area (Å²) < 4.78 is 0. The number of aromatic nitrogens is 3. The van der Waals surface area contributed by atoms with Gasteiger partial charge >= 0.3 is 0 Å². The van der Waals surface area contributed by atoms with Gasteiger partial charge in [-0.3, -0.25) is 16.3 Å². The molecule has 0 aliphatic rings. The zero-order chi connectivity index (χ0) is 13.2. The Morgan fingerprint density at radius 3 is 1.11 bits per heavy atom. The Bertz CT molecular complexity index is 278. The molecule has 0 fully saturated rings. The zero-order valence-corrected chi connectivity index (χ0v) is 11.0. The minimum absolute atomic E-state index is 0.438. The van der Waals surface area contributed by atoms with Crippen molar-refractivity contribution in [3.8, 4) is 0 Å². The molecular formula is C9H21N9. The Labute approximate surface area is 106 Å². The molecule has 18 heavy (non-hydrogen) atoms. The third-order valence-electron chi connectivity index (χ3n) is 1.77. The Hall–Kier alpha value is -1.71. The predicted octanol–water partition coefficient (Wildman–Crippen LogP) is -0.319. The van der Waals surface area contributed by atoms with Gasteiger partial charge in [0.15, 0.2) is 0 Å². The molecular weight excluding hydrogens is 234 g/mol. The van der Waals surface area contributed by atoms with Gasteiger partial charge in [0.25, 0.3) is 0 Å². The smallest absolute Gasteiger partial charge is 0.244 e. The molecule has 0 saturated heterocycles. The maximum absolute atomic E-state index is 4.18. The lowest BCUT2D eigenvalue weighted by molar-refractivity contribution is 0.786. The van der Waals surface area contributed by atoms with Crippen LogP contribution in [0, 0.1) is 0 Å². The average molecular weight is 255 g/mol. The van der Waals surface area contributed by atoms with Gasteiger partial charge in [-0.1, -0.05) is 20.8 Å². The van der Waals surface area contributed by atoms with Crippen LogP contribution in [0.4, 0.5) is 17.8 Å². The van der Waals surface area contributed by atoms with Crippen LogP contribution in [0.25, 0.3) is 0 Å². The van der Waals surface area contributed by atoms with Gasteiger partial charge in [0, 0.05) is 19.6 Å². The number of nitrogens with one attached hydrogen (secondary N) is 6. The van der Waals surface area contributed by atoms with Gasteiger partial charge in [0.05, 0.1) is 0 Å². The Balaban J connectivity index is 2.74. The maximum atomic E-state index is 4.18. The number of nitrogens with zero attached hydrogens (tertiary/aromatic N) is 3. The summed E-state index contributed by atoms with van der Waals surface area (Å²) in [6, 6.07) is 0. The summed E-state index contributed by atoms with van der Waals surface area (Å²) in [4.78, 5) is 12.5. The summed E-state index contributed by atoms with van der Waals surface area (Å²) in [6.07, 6.45) is 0. The maximum Gasteiger partial charge on any atom is 0.244 e. The van der Waals surface area contributed by atoms with Gasteiger partial charge in [0.2, 0.25) is 17.8 Å². The fourth-order valence-corrected chi connectivity index (χ4v) is 1.05. The second-order valence-electron chi connectivity index (χ2n) is 3.27. The number of rotatable bonds is 9. The molecule has 0 unspecified atom stereocenters. The average Bonchev–Trinajstić information content (AvgIpc) is 2.40. The number of anilines is 3. The summed E-state index contributed by atoms with van der Waals surface area (Å²) in [6.45, 7) is 8.21. The molecule has 0 saturated carbocycles. The van der Waals surface area contributed by atoms with Gasteiger partial charge in [-0.2, -0.15) is 15.0 Å². The number of hydrogen-bond acceptors (Lipinski definition) is 9. The highest BCUT2D eigenvalue weighted by molar-refractivity contribution is 5.40. The van der Waals surface area contributed by atoms with Crippen molar-refractivity contribution in [1.29, 1.82) is 0 Å². The minimum Gasteiger partial charge on any atom is -0.289 e. The van der Waals surface area contributed by atoms with E-state index in [-0.39, 0.29) is 0 Å². The van der Waals surface area contributed by atoms with Crippen LogP contribution in [0.1, 0.15) is 20.8 Å². The van der Waals surface area contributed by atoms with Crippen LogP contribution >= 0.6 is 0 Å². The first-order valence-electron chi connectivity index (χ1n) is 6.02. The third-order valence-corrected chi connectivity index (χ3v) is 1.77. The molecule has 0 aliphatic heterocycles. The lowest BCUT2D eigenvalue weighted by Gasteiger charge is -2.11. The largest absolute Gasteiger partial charge is 0.289 e. The first kappa shape index (κ1) is 14.4. The van der Waals surface area contributed by atoms with Gasteiger partial charge < -0.3 is 0 Å². The van der Waals surface area contributed by atoms with Gasteiger partial charge in [-0.25, -0.2) is 16.3 Å². The lowest BCUT2D eigenvalue weighted by Crippen LogP contribution is -2.28. The normalized spacial score (nSPS) is 10.2. The van der Waals surface area contributed by atoms with Crippen molar-refractivity contribution in [3.05, 3.63) is 0 Å². The fourth-order valence-electron chi connectivity index (χ4n) is 1.05. The van der Waals surface area contributed by atoms with Crippen molar-refractivity contribution in [3.63, 3.8) is 0 Å². The summed E-state index contributed by atoms with van der Waals surface area (Å²) in [5, 5.41) is 0. The molecule has 0 bridgehead atoms. The van der Waals surface area contributed by atoms with Crippen LogP contribution in [-0.2, 0) is 0 Å². The number of hydrazine groups is 3. The highest BCUT2D eigenvalue weighted by Gasteiger charge is 2.05. The third kappa shape index (κ3) is 5.08. The van der Waals surface area contributed by atoms with E-state index in [0.29, 0.717) is 17.8 Å². The molecule has 0 atom stereocenters. The van der Waals surface area contributed by atoms with Crippen LogP contribution in [-0.4, -0.2) is 34.6 Å². The highest BCUT2D eigenvalue weighted by atomic mass is 15.5. The van der Waals surface area contributed by atoms with E-state index in [0.717, 1.165) is 19.6 Å². The molecule has 0 spiro atoms. The van der Waals surface area contributed by atoms with Gasteiger partial charge in [0.1, 0.15) is 0 Å². The quantitative estimate of drug-likeness (QED) is 0.331. The Kier molecular flexibility index (Phi) is 6.69. The van der Waals surface area contributed by atoms with Crippen molar-refractivity contribution in [2.24, 2.45) is 0 Å². The molecule has 6 N–H and O–H groups in total. The molecule has 0 aromatic carbocycles. The molecule has 9 heteroatoms. The van der Waals surface area contributed by atoms with Crippen molar-refractivity contribution in [1.82, 2.24) is 31.2 Å². The van der Waals surface area contributed by atoms with E-state index in [1.165, 1.54) is 0 Å². The van der Waals surface area contributed by atoms with E-state index < -0.39 is 0 Å². The molecule has 0 amide bonds. The molecule has 102 valence electrons. The Morgan fingerprint density at radius 1 is 0.611 bits per heavy atom. The van der Waals surface area contributed by atoms with Crippen LogP contribution in [0.15, 0.2) is 0 Å². The van der Waals surface area contributed by atoms with E-state index in [1.807, 2.05) is 20.8 Å². The number of hydrogen-bond donors (Lipinski definition) is 6. The van der Waals surface area contributed by atoms with Gasteiger partial charge in [-0.05, 0) is 0 Å². The van der Waals surface area contributed by atoms with E-state index in [1.54, 1.807) is 0 Å². The summed E-state index contributed by atoms with van der Waals surface area (Å²) in [5.41, 5.74) is 17.4. The monoisotopic (exact) mass is 255 g/mol. The topological polar surface area (TPSA) is 111 Å². The molecule has 0 radical (unpaired) electrons. The second-order valence-corrected chi connectivity index (χ2v) is 3.27. The second kappa shape index (κ2) is 8.39. The lowest BCUT2D eigenvalue weighted by atomic mass is 10.8. The van der Waals surface area contributed by atoms with Crippen LogP contribution in [0.5, 0.6) is 0 Å². The van der Waals surface area contributed by atoms with E-state index in [4.69, 9.17) is 0 Å². The van der Waals surface area contributed by atoms with E-state index in [2.05, 4.69) is 47.5 Å². The van der Waals surface area contributed by atoms with Crippen molar-refractivity contribution < 1.29 is 0 Å². The molecule has 1 heterocycles. The first-order chi connectivity index (χ1) is 8.80. The summed E-state index contributed by atoms with van der Waals surface area (Å²) in [7, 11) is 0. The van der Waals surface area contributed by atoms with E-state index >= 15 is 0 Å². The minimum atomic E-state index is 0.438. The fraction of sp³-hybridized carbons (Fsp3) is 0.667. The van der Waals surface area contributed by atoms with Crippen molar-refractivity contribution in [2.75, 3.05) is 35.9 Å². The predicted molar refractivity (Wildman–Crippen MR) is 71.7 cm³/mol. The van der Waals surface area contributed by atoms with Crippen LogP contribution in [0.3, 0.4) is 0 Å². The summed E-state index contributed by atoms with van der Waals surface area (Å²) >= 11 is 0. The molecule has 1 aromatic rings. The molecule has 0 aliphatic carbocycles. The van der Waals surface area contributed by atoms with Crippen LogP contribution < -0.4 is 32.6 Å². The Morgan fingerprint density at radius 2 is 0.889 bits per heavy atom. The van der Waals surface area contributed by atoms with Crippen molar-refractivity contribution in [2.45, 2.75) is 20.8 Å². The SMILES string of the molecule is CCNNc1nc(NNCC)nc(NNCC)n1. The summed E-state index contributed by atoms with van der Waals surface area (Å²) in [5.74, 6) is 1.31. The first-order valence-corrected chi connectivity index (χ1v) is 6.02. The van der Waals surface area contributed by atoms with E-state index in [9.17, 15) is 0 Å². The molecule has 1 aromatic heterocycles. The molecule has 1 rings (SSSR count). The standard InChI is InChI=1S/C9H21N9/c1-4-10-16-7-13-8(17-11-5-2)15-9(14-7)18-12-6-3/h10-12H,4-6H2,1-3H3,(H3,13,14,15,16,17,18). The van der Waals surface area contributed by atoms with Crippen LogP contribution in [0.2, 0.25) is 0 Å².